The first kappa shape index (κ1) is 22.8. The van der Waals surface area contributed by atoms with E-state index in [2.05, 4.69) is 5.32 Å². The van der Waals surface area contributed by atoms with Crippen molar-refractivity contribution < 1.29 is 33.2 Å². The molecule has 8 heteroatoms. The average molecular weight is 424 g/mol. The lowest BCUT2D eigenvalue weighted by molar-refractivity contribution is -0.219. The van der Waals surface area contributed by atoms with E-state index in [4.69, 9.17) is 28.4 Å². The van der Waals surface area contributed by atoms with Crippen LogP contribution in [0.1, 0.15) is 46.1 Å². The molecular formula is C22H33NO7. The molecule has 5 atom stereocenters. The van der Waals surface area contributed by atoms with Crippen LogP contribution in [0.2, 0.25) is 0 Å². The average Bonchev–Trinajstić information content (AvgIpc) is 3.12. The number of amides is 1. The summed E-state index contributed by atoms with van der Waals surface area (Å²) in [5.74, 6) is -0.200. The Morgan fingerprint density at radius 1 is 1.17 bits per heavy atom. The molecule has 2 aliphatic rings. The molecule has 0 bridgehead atoms. The fourth-order valence-electron chi connectivity index (χ4n) is 3.88. The highest BCUT2D eigenvalue weighted by atomic mass is 16.8. The molecule has 8 nitrogen and oxygen atoms in total. The number of carbonyl (C=O) groups is 1. The molecule has 2 heterocycles. The number of methoxy groups -OCH3 is 2. The first-order chi connectivity index (χ1) is 14.0. The molecule has 1 aromatic rings. The number of carbonyl (C=O) groups excluding carboxylic acids is 1. The lowest BCUT2D eigenvalue weighted by Gasteiger charge is -2.31. The van der Waals surface area contributed by atoms with Gasteiger partial charge >= 0.3 is 6.09 Å². The Morgan fingerprint density at radius 2 is 1.83 bits per heavy atom. The van der Waals surface area contributed by atoms with Crippen LogP contribution in [0.25, 0.3) is 0 Å². The molecule has 0 unspecified atom stereocenters. The maximum Gasteiger partial charge on any atom is 0.407 e. The highest BCUT2D eigenvalue weighted by Gasteiger charge is 2.56. The van der Waals surface area contributed by atoms with Crippen molar-refractivity contribution in [2.24, 2.45) is 0 Å². The Bertz CT molecular complexity index is 728. The van der Waals surface area contributed by atoms with Gasteiger partial charge in [0.05, 0.1) is 13.2 Å². The highest BCUT2D eigenvalue weighted by Crippen LogP contribution is 2.42. The molecule has 0 aromatic heterocycles. The number of ether oxygens (including phenoxy) is 6. The van der Waals surface area contributed by atoms with Crippen LogP contribution >= 0.6 is 0 Å². The van der Waals surface area contributed by atoms with Crippen molar-refractivity contribution in [2.45, 2.75) is 76.5 Å². The highest BCUT2D eigenvalue weighted by molar-refractivity contribution is 5.67. The molecule has 2 fully saturated rings. The number of benzene rings is 1. The summed E-state index contributed by atoms with van der Waals surface area (Å²) in [6.07, 6.45) is -2.11. The Labute approximate surface area is 178 Å². The van der Waals surface area contributed by atoms with Crippen molar-refractivity contribution in [3.8, 4) is 5.75 Å². The van der Waals surface area contributed by atoms with Gasteiger partial charge in [0, 0.05) is 19.6 Å². The van der Waals surface area contributed by atoms with Gasteiger partial charge in [-0.15, -0.1) is 0 Å². The second-order valence-corrected chi connectivity index (χ2v) is 9.03. The molecule has 0 radical (unpaired) electrons. The van der Waals surface area contributed by atoms with Gasteiger partial charge in [0.2, 0.25) is 0 Å². The number of nitrogens with one attached hydrogen (secondary N) is 1. The number of hydrogen-bond donors (Lipinski definition) is 1. The van der Waals surface area contributed by atoms with Crippen LogP contribution in [0.3, 0.4) is 0 Å². The standard InChI is InChI=1S/C22H33NO7/c1-21(2,3)30-20(24)23-12-15(13-8-10-14(25-6)11-9-13)16-17(26-7)18-19(27-16)29-22(4,5)28-18/h8-11,15-19H,12H2,1-7H3,(H,23,24)/t15-,16-,17+,18-,19-/m1/s1. The third-order valence-electron chi connectivity index (χ3n) is 5.10. The van der Waals surface area contributed by atoms with E-state index >= 15 is 0 Å². The van der Waals surface area contributed by atoms with Crippen molar-refractivity contribution in [3.05, 3.63) is 29.8 Å². The zero-order valence-corrected chi connectivity index (χ0v) is 18.8. The SMILES string of the molecule is COc1ccc([C@@H](CNC(=O)OC(C)(C)C)[C@H]2O[C@@H]3OC(C)(C)O[C@@H]3[C@H]2OC)cc1. The van der Waals surface area contributed by atoms with E-state index < -0.39 is 23.8 Å². The fourth-order valence-corrected chi connectivity index (χ4v) is 3.88. The number of fused-ring (bicyclic) bond motifs is 1. The van der Waals surface area contributed by atoms with Gasteiger partial charge in [0.1, 0.15) is 23.6 Å². The molecule has 0 aliphatic carbocycles. The lowest BCUT2D eigenvalue weighted by Crippen LogP contribution is -2.43. The molecule has 168 valence electrons. The first-order valence-corrected chi connectivity index (χ1v) is 10.2. The Morgan fingerprint density at radius 3 is 2.40 bits per heavy atom. The van der Waals surface area contributed by atoms with Crippen molar-refractivity contribution in [1.82, 2.24) is 5.32 Å². The quantitative estimate of drug-likeness (QED) is 0.752. The summed E-state index contributed by atoms with van der Waals surface area (Å²) in [6, 6.07) is 7.67. The molecular weight excluding hydrogens is 390 g/mol. The van der Waals surface area contributed by atoms with Gasteiger partial charge in [-0.2, -0.15) is 0 Å². The van der Waals surface area contributed by atoms with E-state index in [1.165, 1.54) is 0 Å². The summed E-state index contributed by atoms with van der Waals surface area (Å²) < 4.78 is 34.6. The molecule has 1 aromatic carbocycles. The third kappa shape index (κ3) is 5.24. The summed E-state index contributed by atoms with van der Waals surface area (Å²) in [4.78, 5) is 12.3. The zero-order valence-electron chi connectivity index (χ0n) is 18.8. The van der Waals surface area contributed by atoms with Crippen LogP contribution < -0.4 is 10.1 Å². The Balaban J connectivity index is 1.81. The predicted octanol–water partition coefficient (Wildman–Crippen LogP) is 3.19. The van der Waals surface area contributed by atoms with Crippen molar-refractivity contribution in [1.29, 1.82) is 0 Å². The molecule has 2 aliphatic heterocycles. The summed E-state index contributed by atoms with van der Waals surface area (Å²) in [6.45, 7) is 9.47. The third-order valence-corrected chi connectivity index (χ3v) is 5.10. The number of alkyl carbamates (subject to hydrolysis) is 1. The van der Waals surface area contributed by atoms with Crippen LogP contribution in [-0.2, 0) is 23.7 Å². The van der Waals surface area contributed by atoms with Gasteiger partial charge in [0.25, 0.3) is 0 Å². The molecule has 3 rings (SSSR count). The molecule has 1 amide bonds. The zero-order chi connectivity index (χ0) is 22.1. The Hall–Kier alpha value is -1.87. The van der Waals surface area contributed by atoms with Crippen LogP contribution in [0.15, 0.2) is 24.3 Å². The summed E-state index contributed by atoms with van der Waals surface area (Å²) in [5.41, 5.74) is 0.390. The molecule has 2 saturated heterocycles. The van der Waals surface area contributed by atoms with Gasteiger partial charge in [-0.1, -0.05) is 12.1 Å². The van der Waals surface area contributed by atoms with E-state index in [9.17, 15) is 4.79 Å². The number of rotatable bonds is 6. The minimum Gasteiger partial charge on any atom is -0.497 e. The first-order valence-electron chi connectivity index (χ1n) is 10.2. The molecule has 30 heavy (non-hydrogen) atoms. The fraction of sp³-hybridized carbons (Fsp3) is 0.682. The van der Waals surface area contributed by atoms with Gasteiger partial charge in [-0.05, 0) is 52.3 Å². The summed E-state index contributed by atoms with van der Waals surface area (Å²) in [7, 11) is 3.25. The van der Waals surface area contributed by atoms with E-state index in [-0.39, 0.29) is 24.2 Å². The van der Waals surface area contributed by atoms with E-state index in [0.29, 0.717) is 6.54 Å². The maximum absolute atomic E-state index is 12.3. The predicted molar refractivity (Wildman–Crippen MR) is 109 cm³/mol. The van der Waals surface area contributed by atoms with Crippen molar-refractivity contribution in [2.75, 3.05) is 20.8 Å². The van der Waals surface area contributed by atoms with Gasteiger partial charge in [-0.25, -0.2) is 4.79 Å². The monoisotopic (exact) mass is 423 g/mol. The largest absolute Gasteiger partial charge is 0.497 e. The molecule has 0 spiro atoms. The van der Waals surface area contributed by atoms with E-state index in [1.54, 1.807) is 14.2 Å². The maximum atomic E-state index is 12.3. The summed E-state index contributed by atoms with van der Waals surface area (Å²) in [5, 5.41) is 2.86. The van der Waals surface area contributed by atoms with Crippen LogP contribution in [0.4, 0.5) is 4.79 Å². The minimum absolute atomic E-state index is 0.214. The lowest BCUT2D eigenvalue weighted by atomic mass is 9.89. The second kappa shape index (κ2) is 8.70. The topological polar surface area (TPSA) is 84.5 Å². The van der Waals surface area contributed by atoms with Crippen molar-refractivity contribution >= 4 is 6.09 Å². The normalized spacial score (nSPS) is 28.6. The molecule has 1 N–H and O–H groups in total. The smallest absolute Gasteiger partial charge is 0.407 e. The van der Waals surface area contributed by atoms with Crippen molar-refractivity contribution in [3.63, 3.8) is 0 Å². The minimum atomic E-state index is -0.735. The van der Waals surface area contributed by atoms with Gasteiger partial charge in [0.15, 0.2) is 12.1 Å². The Kier molecular flexibility index (Phi) is 6.62. The van der Waals surface area contributed by atoms with Crippen LogP contribution in [0, 0.1) is 0 Å². The molecule has 0 saturated carbocycles. The van der Waals surface area contributed by atoms with E-state index in [0.717, 1.165) is 11.3 Å². The van der Waals surface area contributed by atoms with Crippen LogP contribution in [0.5, 0.6) is 5.75 Å². The number of hydrogen-bond acceptors (Lipinski definition) is 7. The van der Waals surface area contributed by atoms with Gasteiger partial charge in [-0.3, -0.25) is 0 Å². The van der Waals surface area contributed by atoms with Gasteiger partial charge < -0.3 is 33.7 Å². The van der Waals surface area contributed by atoms with E-state index in [1.807, 2.05) is 58.9 Å². The summed E-state index contributed by atoms with van der Waals surface area (Å²) >= 11 is 0. The second-order valence-electron chi connectivity index (χ2n) is 9.03. The van der Waals surface area contributed by atoms with Crippen LogP contribution in [-0.4, -0.2) is 62.8 Å².